The standard InChI is InChI=1S/C23H31N3O7/c1-14(2)19(21(30)33-26-17(27)11-12-18(26)28)25-20(29)16(13-15-9-7-6-8-10-15)24-22(31)32-23(3,4)5/h6-10,14,16,19H,11-13H2,1-5H3,(H,24,31)(H,25,29)/t16-,19-/m0/s1. The zero-order valence-electron chi connectivity index (χ0n) is 19.5. The summed E-state index contributed by atoms with van der Waals surface area (Å²) in [6.07, 6.45) is -0.710. The number of ether oxygens (including phenoxy) is 1. The van der Waals surface area contributed by atoms with E-state index in [0.717, 1.165) is 5.56 Å². The lowest BCUT2D eigenvalue weighted by Crippen LogP contribution is -2.55. The van der Waals surface area contributed by atoms with E-state index in [9.17, 15) is 24.0 Å². The molecule has 1 aromatic rings. The van der Waals surface area contributed by atoms with Crippen LogP contribution < -0.4 is 10.6 Å². The first-order chi connectivity index (χ1) is 15.4. The number of imide groups is 1. The Morgan fingerprint density at radius 3 is 2.09 bits per heavy atom. The van der Waals surface area contributed by atoms with Crippen molar-refractivity contribution in [2.45, 2.75) is 71.6 Å². The molecule has 0 radical (unpaired) electrons. The average molecular weight is 462 g/mol. The molecule has 180 valence electrons. The molecule has 0 unspecified atom stereocenters. The number of rotatable bonds is 8. The van der Waals surface area contributed by atoms with E-state index in [1.165, 1.54) is 0 Å². The van der Waals surface area contributed by atoms with Gasteiger partial charge < -0.3 is 20.2 Å². The summed E-state index contributed by atoms with van der Waals surface area (Å²) in [6.45, 7) is 8.44. The minimum absolute atomic E-state index is 0.0379. The molecule has 1 heterocycles. The van der Waals surface area contributed by atoms with E-state index in [-0.39, 0.29) is 19.3 Å². The summed E-state index contributed by atoms with van der Waals surface area (Å²) in [7, 11) is 0. The highest BCUT2D eigenvalue weighted by molar-refractivity contribution is 6.02. The summed E-state index contributed by atoms with van der Waals surface area (Å²) in [4.78, 5) is 66.6. The number of nitrogens with one attached hydrogen (secondary N) is 2. The zero-order chi connectivity index (χ0) is 24.8. The van der Waals surface area contributed by atoms with Gasteiger partial charge in [-0.3, -0.25) is 14.4 Å². The molecule has 1 aliphatic heterocycles. The van der Waals surface area contributed by atoms with Gasteiger partial charge in [0.1, 0.15) is 17.7 Å². The number of carbonyl (C=O) groups excluding carboxylic acids is 5. The summed E-state index contributed by atoms with van der Waals surface area (Å²) >= 11 is 0. The number of carbonyl (C=O) groups is 5. The lowest BCUT2D eigenvalue weighted by atomic mass is 10.0. The number of hydroxylamine groups is 2. The topological polar surface area (TPSA) is 131 Å². The molecule has 0 bridgehead atoms. The molecule has 10 heteroatoms. The molecule has 1 fully saturated rings. The van der Waals surface area contributed by atoms with Gasteiger partial charge in [0.05, 0.1) is 0 Å². The van der Waals surface area contributed by atoms with Crippen LogP contribution in [-0.4, -0.2) is 52.5 Å². The van der Waals surface area contributed by atoms with Crippen molar-refractivity contribution in [2.24, 2.45) is 5.92 Å². The number of hydrogen-bond donors (Lipinski definition) is 2. The van der Waals surface area contributed by atoms with Crippen LogP contribution in [0, 0.1) is 5.92 Å². The maximum atomic E-state index is 13.1. The molecule has 0 saturated carbocycles. The largest absolute Gasteiger partial charge is 0.444 e. The van der Waals surface area contributed by atoms with Crippen molar-refractivity contribution in [3.63, 3.8) is 0 Å². The first-order valence-electron chi connectivity index (χ1n) is 10.8. The quantitative estimate of drug-likeness (QED) is 0.565. The van der Waals surface area contributed by atoms with Crippen molar-refractivity contribution >= 4 is 29.8 Å². The monoisotopic (exact) mass is 461 g/mol. The summed E-state index contributed by atoms with van der Waals surface area (Å²) in [6, 6.07) is 6.83. The highest BCUT2D eigenvalue weighted by Gasteiger charge is 2.37. The van der Waals surface area contributed by atoms with E-state index in [0.29, 0.717) is 5.06 Å². The fraction of sp³-hybridized carbons (Fsp3) is 0.522. The van der Waals surface area contributed by atoms with Crippen LogP contribution in [0.15, 0.2) is 30.3 Å². The van der Waals surface area contributed by atoms with Crippen molar-refractivity contribution < 1.29 is 33.5 Å². The lowest BCUT2D eigenvalue weighted by molar-refractivity contribution is -0.199. The van der Waals surface area contributed by atoms with Gasteiger partial charge in [0.25, 0.3) is 11.8 Å². The second-order valence-electron chi connectivity index (χ2n) is 9.11. The van der Waals surface area contributed by atoms with Crippen LogP contribution in [0.25, 0.3) is 0 Å². The van der Waals surface area contributed by atoms with Gasteiger partial charge in [-0.1, -0.05) is 44.2 Å². The van der Waals surface area contributed by atoms with Crippen molar-refractivity contribution in [3.8, 4) is 0 Å². The van der Waals surface area contributed by atoms with Crippen molar-refractivity contribution in [3.05, 3.63) is 35.9 Å². The van der Waals surface area contributed by atoms with Gasteiger partial charge in [0, 0.05) is 19.3 Å². The van der Waals surface area contributed by atoms with Gasteiger partial charge in [-0.25, -0.2) is 9.59 Å². The Morgan fingerprint density at radius 2 is 1.58 bits per heavy atom. The minimum atomic E-state index is -1.16. The number of alkyl carbamates (subject to hydrolysis) is 1. The summed E-state index contributed by atoms with van der Waals surface area (Å²) in [5.74, 6) is -3.24. The molecule has 0 spiro atoms. The van der Waals surface area contributed by atoms with Gasteiger partial charge >= 0.3 is 12.1 Å². The Balaban J connectivity index is 2.15. The van der Waals surface area contributed by atoms with Crippen molar-refractivity contribution in [2.75, 3.05) is 0 Å². The fourth-order valence-corrected chi connectivity index (χ4v) is 3.07. The van der Waals surface area contributed by atoms with Gasteiger partial charge in [-0.2, -0.15) is 0 Å². The van der Waals surface area contributed by atoms with E-state index >= 15 is 0 Å². The van der Waals surface area contributed by atoms with Crippen LogP contribution in [-0.2, 0) is 35.2 Å². The molecule has 2 atom stereocenters. The third-order valence-corrected chi connectivity index (χ3v) is 4.70. The molecule has 4 amide bonds. The van der Waals surface area contributed by atoms with Gasteiger partial charge in [0.15, 0.2) is 0 Å². The lowest BCUT2D eigenvalue weighted by Gasteiger charge is -2.26. The van der Waals surface area contributed by atoms with Crippen LogP contribution >= 0.6 is 0 Å². The molecule has 1 aliphatic rings. The molecule has 0 aliphatic carbocycles. The smallest absolute Gasteiger partial charge is 0.408 e. The molecule has 0 aromatic heterocycles. The van der Waals surface area contributed by atoms with E-state index in [2.05, 4.69) is 10.6 Å². The maximum absolute atomic E-state index is 13.1. The number of benzene rings is 1. The Kier molecular flexibility index (Phi) is 8.56. The Hall–Kier alpha value is -3.43. The third-order valence-electron chi connectivity index (χ3n) is 4.70. The maximum Gasteiger partial charge on any atom is 0.408 e. The molecule has 33 heavy (non-hydrogen) atoms. The predicted molar refractivity (Wildman–Crippen MR) is 117 cm³/mol. The van der Waals surface area contributed by atoms with E-state index in [4.69, 9.17) is 9.57 Å². The van der Waals surface area contributed by atoms with Gasteiger partial charge in [-0.15, -0.1) is 5.06 Å². The predicted octanol–water partition coefficient (Wildman–Crippen LogP) is 1.87. The van der Waals surface area contributed by atoms with E-state index < -0.39 is 53.4 Å². The molecule has 10 nitrogen and oxygen atoms in total. The highest BCUT2D eigenvalue weighted by atomic mass is 16.7. The van der Waals surface area contributed by atoms with Gasteiger partial charge in [-0.05, 0) is 32.3 Å². The Labute approximate surface area is 192 Å². The number of hydrogen-bond acceptors (Lipinski definition) is 7. The number of amides is 4. The van der Waals surface area contributed by atoms with Crippen LogP contribution in [0.2, 0.25) is 0 Å². The summed E-state index contributed by atoms with van der Waals surface area (Å²) < 4.78 is 5.26. The molecule has 2 N–H and O–H groups in total. The van der Waals surface area contributed by atoms with Crippen LogP contribution in [0.3, 0.4) is 0 Å². The first-order valence-corrected chi connectivity index (χ1v) is 10.8. The molecule has 1 aromatic carbocycles. The highest BCUT2D eigenvalue weighted by Crippen LogP contribution is 2.15. The fourth-order valence-electron chi connectivity index (χ4n) is 3.07. The van der Waals surface area contributed by atoms with Crippen LogP contribution in [0.5, 0.6) is 0 Å². The van der Waals surface area contributed by atoms with Crippen LogP contribution in [0.4, 0.5) is 4.79 Å². The van der Waals surface area contributed by atoms with Crippen molar-refractivity contribution in [1.82, 2.24) is 15.7 Å². The molecule has 2 rings (SSSR count). The summed E-state index contributed by atoms with van der Waals surface area (Å²) in [5.41, 5.74) is 0.0161. The second kappa shape index (κ2) is 10.9. The Morgan fingerprint density at radius 1 is 1.00 bits per heavy atom. The van der Waals surface area contributed by atoms with E-state index in [1.807, 2.05) is 6.07 Å². The average Bonchev–Trinajstić information content (AvgIpc) is 3.02. The number of nitrogens with zero attached hydrogens (tertiary/aromatic N) is 1. The molecular formula is C23H31N3O7. The third kappa shape index (κ3) is 7.89. The van der Waals surface area contributed by atoms with Crippen molar-refractivity contribution in [1.29, 1.82) is 0 Å². The second-order valence-corrected chi connectivity index (χ2v) is 9.11. The normalized spacial score (nSPS) is 15.8. The molecular weight excluding hydrogens is 430 g/mol. The Bertz CT molecular complexity index is 877. The SMILES string of the molecule is CC(C)[C@H](NC(=O)[C@H](Cc1ccccc1)NC(=O)OC(C)(C)C)C(=O)ON1C(=O)CCC1=O. The minimum Gasteiger partial charge on any atom is -0.444 e. The summed E-state index contributed by atoms with van der Waals surface area (Å²) in [5, 5.41) is 5.56. The zero-order valence-corrected chi connectivity index (χ0v) is 19.5. The van der Waals surface area contributed by atoms with E-state index in [1.54, 1.807) is 58.9 Å². The molecule has 1 saturated heterocycles. The van der Waals surface area contributed by atoms with Crippen LogP contribution in [0.1, 0.15) is 53.0 Å². The van der Waals surface area contributed by atoms with Gasteiger partial charge in [0.2, 0.25) is 5.91 Å². The first kappa shape index (κ1) is 25.8.